The number of nitrogens with one attached hydrogen (secondary N) is 3. The molecule has 1 fully saturated rings. The molecule has 1 aromatic heterocycles. The minimum atomic E-state index is -0.657. The van der Waals surface area contributed by atoms with Gasteiger partial charge >= 0.3 is 0 Å². The molecule has 0 unspecified atom stereocenters. The van der Waals surface area contributed by atoms with Crippen LogP contribution >= 0.6 is 0 Å². The van der Waals surface area contributed by atoms with Crippen molar-refractivity contribution in [3.05, 3.63) is 65.9 Å². The van der Waals surface area contributed by atoms with Crippen molar-refractivity contribution in [2.24, 2.45) is 0 Å². The number of carbonyl (C=O) groups is 1. The van der Waals surface area contributed by atoms with Crippen LogP contribution in [0.2, 0.25) is 0 Å². The first-order valence-corrected chi connectivity index (χ1v) is 9.95. The van der Waals surface area contributed by atoms with Crippen LogP contribution in [0.1, 0.15) is 5.56 Å². The molecule has 0 saturated carbocycles. The van der Waals surface area contributed by atoms with Gasteiger partial charge in [-0.05, 0) is 30.3 Å². The van der Waals surface area contributed by atoms with E-state index in [0.29, 0.717) is 23.7 Å². The Morgan fingerprint density at radius 2 is 1.87 bits per heavy atom. The SMILES string of the molecule is O=CNc1cnc(-c2ccc(N3CCNCC3)cc2)nc1NCc1ccc(F)cc1F. The summed E-state index contributed by atoms with van der Waals surface area (Å²) in [5.74, 6) is -0.495. The topological polar surface area (TPSA) is 82.2 Å². The second-order valence-corrected chi connectivity index (χ2v) is 7.09. The van der Waals surface area contributed by atoms with Crippen molar-refractivity contribution in [1.82, 2.24) is 15.3 Å². The minimum Gasteiger partial charge on any atom is -0.369 e. The molecule has 0 aliphatic carbocycles. The number of piperazine rings is 1. The smallest absolute Gasteiger partial charge is 0.211 e. The highest BCUT2D eigenvalue weighted by atomic mass is 19.1. The molecule has 1 aliphatic heterocycles. The molecule has 2 heterocycles. The zero-order chi connectivity index (χ0) is 21.6. The van der Waals surface area contributed by atoms with Crippen LogP contribution in [-0.4, -0.2) is 42.6 Å². The lowest BCUT2D eigenvalue weighted by molar-refractivity contribution is -0.105. The zero-order valence-corrected chi connectivity index (χ0v) is 16.7. The van der Waals surface area contributed by atoms with Crippen LogP contribution in [0.5, 0.6) is 0 Å². The standard InChI is InChI=1S/C22H22F2N6O/c23-17-4-1-16(19(24)11-17)12-26-22-20(28-14-31)13-27-21(29-22)15-2-5-18(6-3-15)30-9-7-25-8-10-30/h1-6,11,13-14,25H,7-10,12H2,(H,28,31)(H,26,27,29). The van der Waals surface area contributed by atoms with E-state index in [1.807, 2.05) is 24.3 Å². The Morgan fingerprint density at radius 1 is 1.10 bits per heavy atom. The van der Waals surface area contributed by atoms with Gasteiger partial charge in [0, 0.05) is 55.6 Å². The van der Waals surface area contributed by atoms with Crippen molar-refractivity contribution in [2.75, 3.05) is 41.7 Å². The maximum Gasteiger partial charge on any atom is 0.211 e. The molecule has 1 amide bonds. The lowest BCUT2D eigenvalue weighted by Gasteiger charge is -2.29. The molecule has 1 aliphatic rings. The van der Waals surface area contributed by atoms with Crippen LogP contribution in [0.25, 0.3) is 11.4 Å². The molecule has 0 radical (unpaired) electrons. The van der Waals surface area contributed by atoms with Crippen molar-refractivity contribution in [1.29, 1.82) is 0 Å². The van der Waals surface area contributed by atoms with Gasteiger partial charge in [-0.2, -0.15) is 0 Å². The first-order chi connectivity index (χ1) is 15.1. The molecule has 0 bridgehead atoms. The van der Waals surface area contributed by atoms with Gasteiger partial charge in [0.15, 0.2) is 11.6 Å². The highest BCUT2D eigenvalue weighted by molar-refractivity contribution is 5.79. The van der Waals surface area contributed by atoms with Crippen molar-refractivity contribution in [3.8, 4) is 11.4 Å². The number of anilines is 3. The third-order valence-electron chi connectivity index (χ3n) is 5.07. The Labute approximate surface area is 178 Å². The maximum absolute atomic E-state index is 13.9. The van der Waals surface area contributed by atoms with Gasteiger partial charge < -0.3 is 20.9 Å². The second-order valence-electron chi connectivity index (χ2n) is 7.09. The summed E-state index contributed by atoms with van der Waals surface area (Å²) in [6, 6.07) is 11.3. The fourth-order valence-electron chi connectivity index (χ4n) is 3.41. The van der Waals surface area contributed by atoms with Crippen LogP contribution in [-0.2, 0) is 11.3 Å². The number of hydrogen-bond donors (Lipinski definition) is 3. The summed E-state index contributed by atoms with van der Waals surface area (Å²) in [5.41, 5.74) is 2.58. The Morgan fingerprint density at radius 3 is 2.58 bits per heavy atom. The summed E-state index contributed by atoms with van der Waals surface area (Å²) in [7, 11) is 0. The normalized spacial score (nSPS) is 13.7. The lowest BCUT2D eigenvalue weighted by atomic mass is 10.1. The minimum absolute atomic E-state index is 0.0675. The summed E-state index contributed by atoms with van der Waals surface area (Å²) >= 11 is 0. The van der Waals surface area contributed by atoms with Gasteiger partial charge in [0.1, 0.15) is 17.3 Å². The predicted octanol–water partition coefficient (Wildman–Crippen LogP) is 3.01. The molecule has 7 nitrogen and oxygen atoms in total. The van der Waals surface area contributed by atoms with E-state index in [-0.39, 0.29) is 12.1 Å². The largest absolute Gasteiger partial charge is 0.369 e. The number of rotatable bonds is 7. The van der Waals surface area contributed by atoms with Crippen LogP contribution in [0.3, 0.4) is 0 Å². The van der Waals surface area contributed by atoms with E-state index < -0.39 is 11.6 Å². The molecule has 3 aromatic rings. The van der Waals surface area contributed by atoms with E-state index in [1.54, 1.807) is 0 Å². The number of amides is 1. The monoisotopic (exact) mass is 424 g/mol. The molecule has 3 N–H and O–H groups in total. The van der Waals surface area contributed by atoms with Gasteiger partial charge in [-0.1, -0.05) is 6.07 Å². The molecule has 0 spiro atoms. The second kappa shape index (κ2) is 9.48. The van der Waals surface area contributed by atoms with Gasteiger partial charge in [-0.25, -0.2) is 18.7 Å². The van der Waals surface area contributed by atoms with Crippen molar-refractivity contribution in [2.45, 2.75) is 6.54 Å². The highest BCUT2D eigenvalue weighted by Crippen LogP contribution is 2.25. The van der Waals surface area contributed by atoms with Gasteiger partial charge in [0.25, 0.3) is 0 Å². The van der Waals surface area contributed by atoms with E-state index in [1.165, 1.54) is 18.3 Å². The van der Waals surface area contributed by atoms with E-state index in [2.05, 4.69) is 30.8 Å². The van der Waals surface area contributed by atoms with Gasteiger partial charge in [-0.3, -0.25) is 4.79 Å². The van der Waals surface area contributed by atoms with Crippen molar-refractivity contribution < 1.29 is 13.6 Å². The third-order valence-corrected chi connectivity index (χ3v) is 5.07. The van der Waals surface area contributed by atoms with Gasteiger partial charge in [0.05, 0.1) is 6.20 Å². The van der Waals surface area contributed by atoms with Crippen molar-refractivity contribution >= 4 is 23.6 Å². The average molecular weight is 424 g/mol. The lowest BCUT2D eigenvalue weighted by Crippen LogP contribution is -2.43. The van der Waals surface area contributed by atoms with Crippen LogP contribution < -0.4 is 20.9 Å². The van der Waals surface area contributed by atoms with Crippen LogP contribution in [0.15, 0.2) is 48.7 Å². The van der Waals surface area contributed by atoms with E-state index in [0.717, 1.165) is 43.5 Å². The number of aromatic nitrogens is 2. The van der Waals surface area contributed by atoms with Crippen LogP contribution in [0.4, 0.5) is 26.0 Å². The Bertz CT molecular complexity index is 1050. The third kappa shape index (κ3) is 4.95. The Balaban J connectivity index is 1.55. The molecule has 0 atom stereocenters. The summed E-state index contributed by atoms with van der Waals surface area (Å²) in [4.78, 5) is 22.1. The quantitative estimate of drug-likeness (QED) is 0.506. The predicted molar refractivity (Wildman–Crippen MR) is 116 cm³/mol. The van der Waals surface area contributed by atoms with E-state index in [4.69, 9.17) is 0 Å². The van der Waals surface area contributed by atoms with E-state index >= 15 is 0 Å². The first-order valence-electron chi connectivity index (χ1n) is 9.95. The van der Waals surface area contributed by atoms with Gasteiger partial charge in [0.2, 0.25) is 6.41 Å². The highest BCUT2D eigenvalue weighted by Gasteiger charge is 2.13. The fourth-order valence-corrected chi connectivity index (χ4v) is 3.41. The summed E-state index contributed by atoms with van der Waals surface area (Å²) < 4.78 is 27.1. The Hall–Kier alpha value is -3.59. The molecular weight excluding hydrogens is 402 g/mol. The Kier molecular flexibility index (Phi) is 6.32. The molecule has 9 heteroatoms. The molecule has 4 rings (SSSR count). The number of benzene rings is 2. The average Bonchev–Trinajstić information content (AvgIpc) is 2.80. The maximum atomic E-state index is 13.9. The summed E-state index contributed by atoms with van der Waals surface area (Å²) in [6.45, 7) is 3.89. The number of halogens is 2. The fraction of sp³-hybridized carbons (Fsp3) is 0.227. The number of hydrogen-bond acceptors (Lipinski definition) is 6. The summed E-state index contributed by atoms with van der Waals surface area (Å²) in [5, 5.41) is 8.86. The zero-order valence-electron chi connectivity index (χ0n) is 16.7. The molecule has 1 saturated heterocycles. The molecular formula is C22H22F2N6O. The van der Waals surface area contributed by atoms with E-state index in [9.17, 15) is 13.6 Å². The number of carbonyl (C=O) groups excluding carboxylic acids is 1. The summed E-state index contributed by atoms with van der Waals surface area (Å²) in [6.07, 6.45) is 2.01. The van der Waals surface area contributed by atoms with Gasteiger partial charge in [-0.15, -0.1) is 0 Å². The van der Waals surface area contributed by atoms with Crippen molar-refractivity contribution in [3.63, 3.8) is 0 Å². The molecule has 160 valence electrons. The number of nitrogens with zero attached hydrogens (tertiary/aromatic N) is 3. The molecule has 2 aromatic carbocycles. The van der Waals surface area contributed by atoms with Crippen LogP contribution in [0, 0.1) is 11.6 Å². The molecule has 31 heavy (non-hydrogen) atoms. The first kappa shape index (κ1) is 20.7.